The molecule has 0 rings (SSSR count). The van der Waals surface area contributed by atoms with E-state index in [0.717, 1.165) is 19.3 Å². The average Bonchev–Trinajstić information content (AvgIpc) is 1.88. The predicted octanol–water partition coefficient (Wildman–Crippen LogP) is 1.13. The highest BCUT2D eigenvalue weighted by Crippen LogP contribution is 2.08. The van der Waals surface area contributed by atoms with Crippen LogP contribution in [-0.2, 0) is 0 Å². The highest BCUT2D eigenvalue weighted by atomic mass is 16.3. The summed E-state index contributed by atoms with van der Waals surface area (Å²) in [6.45, 7) is 4.83. The zero-order chi connectivity index (χ0) is 7.98. The van der Waals surface area contributed by atoms with Gasteiger partial charge in [0.25, 0.3) is 0 Å². The Morgan fingerprint density at radius 2 is 2.10 bits per heavy atom. The minimum Gasteiger partial charge on any atom is -0.393 e. The van der Waals surface area contributed by atoms with Gasteiger partial charge in [0.1, 0.15) is 0 Å². The predicted molar refractivity (Wildman–Crippen MR) is 43.8 cm³/mol. The second kappa shape index (κ2) is 5.69. The van der Waals surface area contributed by atoms with Crippen LogP contribution in [0.4, 0.5) is 0 Å². The first-order valence-corrected chi connectivity index (χ1v) is 4.08. The maximum absolute atomic E-state index is 9.30. The van der Waals surface area contributed by atoms with Gasteiger partial charge in [-0.15, -0.1) is 0 Å². The molecular weight excluding hydrogens is 126 g/mol. The molecule has 0 saturated heterocycles. The summed E-state index contributed by atoms with van der Waals surface area (Å²) >= 11 is 0. The summed E-state index contributed by atoms with van der Waals surface area (Å²) < 4.78 is 0. The van der Waals surface area contributed by atoms with Gasteiger partial charge < -0.3 is 10.8 Å². The molecule has 0 aromatic heterocycles. The van der Waals surface area contributed by atoms with Crippen molar-refractivity contribution in [1.29, 1.82) is 0 Å². The van der Waals surface area contributed by atoms with Gasteiger partial charge in [-0.2, -0.15) is 0 Å². The van der Waals surface area contributed by atoms with Gasteiger partial charge in [0.05, 0.1) is 6.10 Å². The summed E-state index contributed by atoms with van der Waals surface area (Å²) in [5.41, 5.74) is 5.41. The van der Waals surface area contributed by atoms with E-state index >= 15 is 0 Å². The third-order valence-electron chi connectivity index (χ3n) is 1.70. The summed E-state index contributed by atoms with van der Waals surface area (Å²) in [5.74, 6) is 0.460. The van der Waals surface area contributed by atoms with E-state index in [1.807, 2.05) is 0 Å². The minimum absolute atomic E-state index is 0.136. The topological polar surface area (TPSA) is 46.2 Å². The maximum atomic E-state index is 9.30. The van der Waals surface area contributed by atoms with Crippen molar-refractivity contribution in [3.05, 3.63) is 0 Å². The van der Waals surface area contributed by atoms with Crippen molar-refractivity contribution in [2.24, 2.45) is 11.7 Å². The molecule has 2 unspecified atom stereocenters. The molecule has 0 aromatic rings. The Kier molecular flexibility index (Phi) is 5.64. The maximum Gasteiger partial charge on any atom is 0.0543 e. The van der Waals surface area contributed by atoms with E-state index in [9.17, 15) is 5.11 Å². The number of nitrogens with two attached hydrogens (primary N) is 1. The van der Waals surface area contributed by atoms with Gasteiger partial charge in [-0.25, -0.2) is 0 Å². The first-order chi connectivity index (χ1) is 4.70. The van der Waals surface area contributed by atoms with Gasteiger partial charge in [-0.3, -0.25) is 0 Å². The fourth-order valence-corrected chi connectivity index (χ4v) is 1.01. The Hall–Kier alpha value is -0.0800. The first kappa shape index (κ1) is 9.92. The zero-order valence-corrected chi connectivity index (χ0v) is 7.01. The van der Waals surface area contributed by atoms with E-state index in [1.54, 1.807) is 0 Å². The van der Waals surface area contributed by atoms with Crippen LogP contribution in [0.3, 0.4) is 0 Å². The lowest BCUT2D eigenvalue weighted by Gasteiger charge is -2.13. The lowest BCUT2D eigenvalue weighted by molar-refractivity contribution is 0.136. The molecule has 10 heavy (non-hydrogen) atoms. The number of hydrogen-bond acceptors (Lipinski definition) is 2. The fourth-order valence-electron chi connectivity index (χ4n) is 1.01. The molecular formula is C8H19NO. The van der Waals surface area contributed by atoms with Crippen molar-refractivity contribution >= 4 is 0 Å². The summed E-state index contributed by atoms with van der Waals surface area (Å²) in [5, 5.41) is 9.30. The highest BCUT2D eigenvalue weighted by Gasteiger charge is 2.06. The van der Waals surface area contributed by atoms with E-state index in [-0.39, 0.29) is 6.10 Å². The van der Waals surface area contributed by atoms with Crippen LogP contribution < -0.4 is 5.73 Å². The van der Waals surface area contributed by atoms with Crippen molar-refractivity contribution in [3.63, 3.8) is 0 Å². The van der Waals surface area contributed by atoms with E-state index in [4.69, 9.17) is 5.73 Å². The number of rotatable bonds is 5. The Bertz CT molecular complexity index is 75.7. The monoisotopic (exact) mass is 145 g/mol. The van der Waals surface area contributed by atoms with Crippen LogP contribution in [0.1, 0.15) is 33.1 Å². The molecule has 0 fully saturated rings. The Labute approximate surface area is 63.4 Å². The lowest BCUT2D eigenvalue weighted by Crippen LogP contribution is -2.17. The van der Waals surface area contributed by atoms with Gasteiger partial charge >= 0.3 is 0 Å². The minimum atomic E-state index is -0.136. The normalized spacial score (nSPS) is 16.8. The molecule has 0 spiro atoms. The molecule has 0 bridgehead atoms. The van der Waals surface area contributed by atoms with Crippen molar-refractivity contribution in [2.45, 2.75) is 39.2 Å². The summed E-state index contributed by atoms with van der Waals surface area (Å²) in [6.07, 6.45) is 2.68. The number of hydrogen-bond donors (Lipinski definition) is 2. The molecule has 0 heterocycles. The second-order valence-electron chi connectivity index (χ2n) is 3.02. The first-order valence-electron chi connectivity index (χ1n) is 4.08. The third kappa shape index (κ3) is 4.77. The molecule has 2 heteroatoms. The van der Waals surface area contributed by atoms with Crippen LogP contribution in [0.25, 0.3) is 0 Å². The standard InChI is InChI=1S/C8H19NO/c1-3-4-8(10)5-7(2)6-9/h7-8,10H,3-6,9H2,1-2H3. The molecule has 0 aliphatic carbocycles. The molecule has 0 saturated carbocycles. The SMILES string of the molecule is CCCC(O)CC(C)CN. The Balaban J connectivity index is 3.27. The molecule has 62 valence electrons. The van der Waals surface area contributed by atoms with E-state index in [2.05, 4.69) is 13.8 Å². The molecule has 3 N–H and O–H groups in total. The van der Waals surface area contributed by atoms with Gasteiger partial charge in [0.15, 0.2) is 0 Å². The molecule has 0 aliphatic rings. The average molecular weight is 145 g/mol. The van der Waals surface area contributed by atoms with Gasteiger partial charge in [0, 0.05) is 0 Å². The van der Waals surface area contributed by atoms with Gasteiger partial charge in [0.2, 0.25) is 0 Å². The van der Waals surface area contributed by atoms with Crippen LogP contribution in [0.5, 0.6) is 0 Å². The van der Waals surface area contributed by atoms with Crippen LogP contribution in [0, 0.1) is 5.92 Å². The van der Waals surface area contributed by atoms with E-state index in [1.165, 1.54) is 0 Å². The molecule has 0 radical (unpaired) electrons. The fraction of sp³-hybridized carbons (Fsp3) is 1.00. The van der Waals surface area contributed by atoms with E-state index in [0.29, 0.717) is 12.5 Å². The summed E-state index contributed by atoms with van der Waals surface area (Å²) in [7, 11) is 0. The Morgan fingerprint density at radius 1 is 1.50 bits per heavy atom. The number of aliphatic hydroxyl groups excluding tert-OH is 1. The molecule has 2 nitrogen and oxygen atoms in total. The summed E-state index contributed by atoms with van der Waals surface area (Å²) in [6, 6.07) is 0. The highest BCUT2D eigenvalue weighted by molar-refractivity contribution is 4.60. The largest absolute Gasteiger partial charge is 0.393 e. The second-order valence-corrected chi connectivity index (χ2v) is 3.02. The van der Waals surface area contributed by atoms with Crippen molar-refractivity contribution in [1.82, 2.24) is 0 Å². The Morgan fingerprint density at radius 3 is 2.50 bits per heavy atom. The quantitative estimate of drug-likeness (QED) is 0.609. The van der Waals surface area contributed by atoms with Crippen LogP contribution >= 0.6 is 0 Å². The van der Waals surface area contributed by atoms with Crippen molar-refractivity contribution < 1.29 is 5.11 Å². The van der Waals surface area contributed by atoms with Gasteiger partial charge in [-0.1, -0.05) is 20.3 Å². The molecule has 0 aliphatic heterocycles. The van der Waals surface area contributed by atoms with E-state index < -0.39 is 0 Å². The molecule has 0 amide bonds. The molecule has 0 aromatic carbocycles. The number of aliphatic hydroxyl groups is 1. The smallest absolute Gasteiger partial charge is 0.0543 e. The third-order valence-corrected chi connectivity index (χ3v) is 1.70. The summed E-state index contributed by atoms with van der Waals surface area (Å²) in [4.78, 5) is 0. The lowest BCUT2D eigenvalue weighted by atomic mass is 10.0. The van der Waals surface area contributed by atoms with Crippen LogP contribution in [0.15, 0.2) is 0 Å². The van der Waals surface area contributed by atoms with Crippen molar-refractivity contribution in [3.8, 4) is 0 Å². The zero-order valence-electron chi connectivity index (χ0n) is 7.01. The van der Waals surface area contributed by atoms with Crippen LogP contribution in [-0.4, -0.2) is 17.8 Å². The van der Waals surface area contributed by atoms with Gasteiger partial charge in [-0.05, 0) is 25.3 Å². The van der Waals surface area contributed by atoms with Crippen molar-refractivity contribution in [2.75, 3.05) is 6.54 Å². The molecule has 2 atom stereocenters. The van der Waals surface area contributed by atoms with Crippen LogP contribution in [0.2, 0.25) is 0 Å².